The molecule has 0 radical (unpaired) electrons. The third kappa shape index (κ3) is 8.84. The number of aliphatic hydroxyl groups excluding tert-OH is 2. The molecule has 0 aliphatic carbocycles. The molecule has 3 aromatic rings. The molecule has 0 unspecified atom stereocenters. The van der Waals surface area contributed by atoms with Crippen LogP contribution in [0.15, 0.2) is 84.9 Å². The number of amides is 1. The number of nitrogens with one attached hydrogen (secondary N) is 1. The molecule has 4 atom stereocenters. The summed E-state index contributed by atoms with van der Waals surface area (Å²) in [5.74, 6) is -0.619. The third-order valence-electron chi connectivity index (χ3n) is 7.01. The van der Waals surface area contributed by atoms with Crippen LogP contribution in [0.25, 0.3) is 0 Å². The zero-order chi connectivity index (χ0) is 27.5. The highest BCUT2D eigenvalue weighted by atomic mass is 16.3. The fraction of sp³-hybridized carbons (Fsp3) is 0.344. The highest BCUT2D eigenvalue weighted by Gasteiger charge is 2.26. The van der Waals surface area contributed by atoms with Gasteiger partial charge in [-0.3, -0.25) is 4.79 Å². The van der Waals surface area contributed by atoms with Gasteiger partial charge in [-0.25, -0.2) is 0 Å². The Balaban J connectivity index is 1.59. The number of hydrogen-bond acceptors (Lipinski definition) is 4. The molecular formula is C32H41N2O4+. The number of carbonyl (C=O) groups excluding carboxylic acids is 1. The van der Waals surface area contributed by atoms with Crippen LogP contribution in [-0.4, -0.2) is 46.0 Å². The highest BCUT2D eigenvalue weighted by Crippen LogP contribution is 2.22. The van der Waals surface area contributed by atoms with Gasteiger partial charge in [0.1, 0.15) is 17.9 Å². The fourth-order valence-corrected chi connectivity index (χ4v) is 4.72. The number of aromatic hydroxyl groups is 1. The van der Waals surface area contributed by atoms with Crippen molar-refractivity contribution >= 4 is 5.91 Å². The van der Waals surface area contributed by atoms with E-state index in [-0.39, 0.29) is 17.7 Å². The summed E-state index contributed by atoms with van der Waals surface area (Å²) >= 11 is 0. The zero-order valence-electron chi connectivity index (χ0n) is 22.4. The summed E-state index contributed by atoms with van der Waals surface area (Å²) in [5, 5.41) is 34.4. The molecule has 6 nitrogen and oxygen atoms in total. The number of rotatable bonds is 13. The minimum Gasteiger partial charge on any atom is -0.508 e. The van der Waals surface area contributed by atoms with Gasteiger partial charge in [0.05, 0.1) is 12.0 Å². The molecule has 0 aromatic heterocycles. The molecule has 0 bridgehead atoms. The largest absolute Gasteiger partial charge is 0.508 e. The van der Waals surface area contributed by atoms with Gasteiger partial charge in [-0.15, -0.1) is 0 Å². The van der Waals surface area contributed by atoms with Crippen LogP contribution in [0.1, 0.15) is 34.2 Å². The van der Waals surface area contributed by atoms with Crippen LogP contribution < -0.4 is 11.1 Å². The number of aryl methyl sites for hydroxylation is 2. The van der Waals surface area contributed by atoms with E-state index in [0.29, 0.717) is 32.2 Å². The van der Waals surface area contributed by atoms with E-state index in [2.05, 4.69) is 11.1 Å². The standard InChI is InChI=1S/C32H40N2O4/c1-22-18-26(35)19-23(2)27(22)21-29(33)31(37)15-9-14-30(36)28(20-25-12-7-4-8-13-25)32(38)34-17-16-24-10-5-3-6-11-24/h3-14,18-19,28-31,35-37H,15-17,20-21,33H2,1-2H3,(H,34,38)/p+1/b14-9+/t28-,29+,30+,31+/m1/s1. The summed E-state index contributed by atoms with van der Waals surface area (Å²) in [6.45, 7) is 4.37. The number of quaternary nitrogens is 1. The average Bonchev–Trinajstić information content (AvgIpc) is 2.90. The Morgan fingerprint density at radius 1 is 0.921 bits per heavy atom. The van der Waals surface area contributed by atoms with E-state index >= 15 is 0 Å². The van der Waals surface area contributed by atoms with E-state index in [0.717, 1.165) is 27.8 Å². The van der Waals surface area contributed by atoms with Crippen molar-refractivity contribution in [3.63, 3.8) is 0 Å². The van der Waals surface area contributed by atoms with Crippen molar-refractivity contribution in [2.75, 3.05) is 6.54 Å². The Bertz CT molecular complexity index is 1160. The number of aliphatic hydroxyl groups is 2. The molecule has 0 saturated heterocycles. The van der Waals surface area contributed by atoms with Gasteiger partial charge in [0.15, 0.2) is 0 Å². The topological polar surface area (TPSA) is 117 Å². The second kappa shape index (κ2) is 14.5. The van der Waals surface area contributed by atoms with Crippen molar-refractivity contribution < 1.29 is 25.8 Å². The summed E-state index contributed by atoms with van der Waals surface area (Å²) in [6, 6.07) is 22.8. The molecule has 0 saturated carbocycles. The van der Waals surface area contributed by atoms with Crippen molar-refractivity contribution in [1.82, 2.24) is 5.32 Å². The van der Waals surface area contributed by atoms with E-state index in [4.69, 9.17) is 0 Å². The monoisotopic (exact) mass is 517 g/mol. The van der Waals surface area contributed by atoms with Crippen LogP contribution in [0, 0.1) is 19.8 Å². The van der Waals surface area contributed by atoms with Crippen molar-refractivity contribution in [3.8, 4) is 5.75 Å². The molecule has 0 fully saturated rings. The molecule has 202 valence electrons. The summed E-state index contributed by atoms with van der Waals surface area (Å²) in [6.07, 6.45) is 3.65. The lowest BCUT2D eigenvalue weighted by Crippen LogP contribution is -2.67. The molecule has 3 rings (SSSR count). The predicted molar refractivity (Wildman–Crippen MR) is 151 cm³/mol. The van der Waals surface area contributed by atoms with E-state index in [1.165, 1.54) is 0 Å². The first-order valence-electron chi connectivity index (χ1n) is 13.2. The van der Waals surface area contributed by atoms with Crippen molar-refractivity contribution in [2.45, 2.75) is 57.8 Å². The van der Waals surface area contributed by atoms with Gasteiger partial charge in [0.25, 0.3) is 0 Å². The summed E-state index contributed by atoms with van der Waals surface area (Å²) in [7, 11) is 0. The van der Waals surface area contributed by atoms with Crippen LogP contribution in [0.5, 0.6) is 5.75 Å². The van der Waals surface area contributed by atoms with Crippen molar-refractivity contribution in [2.24, 2.45) is 5.92 Å². The maximum Gasteiger partial charge on any atom is 0.226 e. The van der Waals surface area contributed by atoms with Gasteiger partial charge in [0.2, 0.25) is 5.91 Å². The molecule has 0 aliphatic rings. The van der Waals surface area contributed by atoms with E-state index in [1.807, 2.05) is 74.5 Å². The van der Waals surface area contributed by atoms with Gasteiger partial charge in [-0.1, -0.05) is 72.8 Å². The normalized spacial score (nSPS) is 14.7. The van der Waals surface area contributed by atoms with Crippen LogP contribution in [0.2, 0.25) is 0 Å². The minimum atomic E-state index is -0.996. The Morgan fingerprint density at radius 3 is 2.11 bits per heavy atom. The molecule has 6 heteroatoms. The lowest BCUT2D eigenvalue weighted by molar-refractivity contribution is -0.436. The number of benzene rings is 3. The maximum absolute atomic E-state index is 13.1. The summed E-state index contributed by atoms with van der Waals surface area (Å²) in [4.78, 5) is 13.1. The zero-order valence-corrected chi connectivity index (χ0v) is 22.4. The molecule has 7 N–H and O–H groups in total. The Morgan fingerprint density at radius 2 is 1.50 bits per heavy atom. The molecule has 38 heavy (non-hydrogen) atoms. The lowest BCUT2D eigenvalue weighted by atomic mass is 9.91. The molecule has 1 amide bonds. The number of hydrogen-bond donors (Lipinski definition) is 5. The number of phenolic OH excluding ortho intramolecular Hbond substituents is 1. The average molecular weight is 518 g/mol. The first-order valence-corrected chi connectivity index (χ1v) is 13.2. The highest BCUT2D eigenvalue weighted by molar-refractivity contribution is 5.79. The van der Waals surface area contributed by atoms with Crippen LogP contribution in [-0.2, 0) is 24.1 Å². The minimum absolute atomic E-state index is 0.198. The van der Waals surface area contributed by atoms with Crippen molar-refractivity contribution in [3.05, 3.63) is 113 Å². The second-order valence-corrected chi connectivity index (χ2v) is 10.1. The van der Waals surface area contributed by atoms with E-state index in [1.54, 1.807) is 24.3 Å². The lowest BCUT2D eigenvalue weighted by Gasteiger charge is -2.21. The fourth-order valence-electron chi connectivity index (χ4n) is 4.72. The maximum atomic E-state index is 13.1. The molecule has 0 spiro atoms. The van der Waals surface area contributed by atoms with Gasteiger partial charge >= 0.3 is 0 Å². The molecule has 0 aliphatic heterocycles. The predicted octanol–water partition coefficient (Wildman–Crippen LogP) is 3.05. The quantitative estimate of drug-likeness (QED) is 0.224. The van der Waals surface area contributed by atoms with E-state index < -0.39 is 18.1 Å². The summed E-state index contributed by atoms with van der Waals surface area (Å²) in [5.41, 5.74) is 9.26. The van der Waals surface area contributed by atoms with Gasteiger partial charge in [-0.05, 0) is 73.1 Å². The van der Waals surface area contributed by atoms with Gasteiger partial charge in [0, 0.05) is 13.0 Å². The number of carbonyl (C=O) groups is 1. The summed E-state index contributed by atoms with van der Waals surface area (Å²) < 4.78 is 0. The molecular weight excluding hydrogens is 476 g/mol. The van der Waals surface area contributed by atoms with Gasteiger partial charge < -0.3 is 26.4 Å². The van der Waals surface area contributed by atoms with Crippen LogP contribution in [0.4, 0.5) is 0 Å². The SMILES string of the molecule is Cc1cc(O)cc(C)c1C[C@H]([NH3+])[C@@H](O)C/C=C/[C@H](O)[C@@H](Cc1ccccc1)C(=O)NCCc1ccccc1. The van der Waals surface area contributed by atoms with Crippen molar-refractivity contribution in [1.29, 1.82) is 0 Å². The Kier molecular flexibility index (Phi) is 11.1. The molecule has 0 heterocycles. The second-order valence-electron chi connectivity index (χ2n) is 10.1. The van der Waals surface area contributed by atoms with Gasteiger partial charge in [-0.2, -0.15) is 0 Å². The first-order chi connectivity index (χ1) is 18.2. The van der Waals surface area contributed by atoms with Crippen LogP contribution >= 0.6 is 0 Å². The van der Waals surface area contributed by atoms with Crippen LogP contribution in [0.3, 0.4) is 0 Å². The Hall–Kier alpha value is -3.45. The molecule has 3 aromatic carbocycles. The Labute approximate surface area is 225 Å². The third-order valence-corrected chi connectivity index (χ3v) is 7.01. The first kappa shape index (κ1) is 29.1. The van der Waals surface area contributed by atoms with E-state index in [9.17, 15) is 20.1 Å². The number of phenols is 1. The smallest absolute Gasteiger partial charge is 0.226 e.